The van der Waals surface area contributed by atoms with E-state index in [1.807, 2.05) is 105 Å². The number of rotatable bonds is 14. The van der Waals surface area contributed by atoms with Crippen LogP contribution in [0.5, 0.6) is 0 Å². The summed E-state index contributed by atoms with van der Waals surface area (Å²) in [7, 11) is 0. The molecule has 3 amide bonds. The molecule has 10 rings (SSSR count). The van der Waals surface area contributed by atoms with Crippen molar-refractivity contribution in [2.75, 3.05) is 13.1 Å². The summed E-state index contributed by atoms with van der Waals surface area (Å²) in [6, 6.07) is 38.6. The number of likely N-dealkylation sites (tertiary alicyclic amines) is 2. The number of nitrogens with one attached hydrogen (secondary N) is 1. The van der Waals surface area contributed by atoms with Crippen molar-refractivity contribution >= 4 is 68.9 Å². The van der Waals surface area contributed by atoms with E-state index in [1.165, 1.54) is 22.7 Å². The van der Waals surface area contributed by atoms with Crippen molar-refractivity contribution < 1.29 is 19.2 Å². The molecular weight excluding hydrogens is 899 g/mol. The van der Waals surface area contributed by atoms with E-state index in [9.17, 15) is 19.2 Å². The quantitative estimate of drug-likeness (QED) is 0.109. The smallest absolute Gasteiger partial charge is 0.253 e. The van der Waals surface area contributed by atoms with E-state index < -0.39 is 12.0 Å². The lowest BCUT2D eigenvalue weighted by Crippen LogP contribution is -2.42. The van der Waals surface area contributed by atoms with Gasteiger partial charge in [0.1, 0.15) is 16.1 Å². The van der Waals surface area contributed by atoms with Gasteiger partial charge in [0.25, 0.3) is 5.91 Å². The number of benzene rings is 4. The highest BCUT2D eigenvalue weighted by molar-refractivity contribution is 7.15. The highest BCUT2D eigenvalue weighted by atomic mass is 32.1. The molecule has 0 radical (unpaired) electrons. The van der Waals surface area contributed by atoms with E-state index in [-0.39, 0.29) is 42.0 Å². The summed E-state index contributed by atoms with van der Waals surface area (Å²) in [5, 5.41) is 12.2. The zero-order valence-corrected chi connectivity index (χ0v) is 39.1. The molecule has 66 heavy (non-hydrogen) atoms. The van der Waals surface area contributed by atoms with Crippen molar-refractivity contribution in [2.45, 2.75) is 56.1 Å². The number of amides is 3. The van der Waals surface area contributed by atoms with Crippen molar-refractivity contribution in [1.82, 2.24) is 25.1 Å². The van der Waals surface area contributed by atoms with Gasteiger partial charge in [-0.3, -0.25) is 19.2 Å². The molecule has 13 heteroatoms. The third kappa shape index (κ3) is 9.21. The maximum atomic E-state index is 14.3. The fourth-order valence-corrected chi connectivity index (χ4v) is 12.5. The van der Waals surface area contributed by atoms with Crippen LogP contribution < -0.4 is 5.32 Å². The SMILES string of the molecule is O=C(C[C@@H](C(=O)N1CCC[C@H]1c1ncc(-c2ccc(-c3ccc(-c4cnc([C@@H]5CCCN5C(=O)[C@H](NC(=O)c5ccsc5)c5ccccc5)s4)cc3)cc2)s1)c1ccccc1)c1ccsc1. The Morgan fingerprint density at radius 1 is 0.576 bits per heavy atom. The number of ketones is 1. The first kappa shape index (κ1) is 43.5. The number of carbonyl (C=O) groups excluding carboxylic acids is 4. The third-order valence-corrected chi connectivity index (χ3v) is 16.2. The first-order chi connectivity index (χ1) is 32.4. The summed E-state index contributed by atoms with van der Waals surface area (Å²) in [6.07, 6.45) is 7.34. The molecule has 330 valence electrons. The molecule has 4 aromatic heterocycles. The van der Waals surface area contributed by atoms with E-state index in [0.29, 0.717) is 24.2 Å². The summed E-state index contributed by atoms with van der Waals surface area (Å²) in [6.45, 7) is 1.24. The van der Waals surface area contributed by atoms with Gasteiger partial charge in [-0.15, -0.1) is 22.7 Å². The molecule has 0 saturated carbocycles. The molecule has 0 unspecified atom stereocenters. The molecule has 4 aromatic carbocycles. The number of thiophene rings is 2. The van der Waals surface area contributed by atoms with Crippen molar-refractivity contribution in [1.29, 1.82) is 0 Å². The second-order valence-electron chi connectivity index (χ2n) is 16.6. The Bertz CT molecular complexity index is 2730. The van der Waals surface area contributed by atoms with Gasteiger partial charge in [-0.25, -0.2) is 9.97 Å². The van der Waals surface area contributed by atoms with Crippen LogP contribution in [0, 0.1) is 0 Å². The van der Waals surface area contributed by atoms with Gasteiger partial charge in [0.15, 0.2) is 5.78 Å². The van der Waals surface area contributed by atoms with E-state index in [2.05, 4.69) is 53.8 Å². The fraction of sp³-hybridized carbons (Fsp3) is 0.208. The van der Waals surface area contributed by atoms with Crippen LogP contribution in [0.4, 0.5) is 0 Å². The molecule has 4 atom stereocenters. The predicted octanol–water partition coefficient (Wildman–Crippen LogP) is 12.3. The van der Waals surface area contributed by atoms with Crippen LogP contribution in [0.1, 0.15) is 98.0 Å². The number of aromatic nitrogens is 2. The molecule has 6 heterocycles. The number of thiazole rings is 2. The average Bonchev–Trinajstić information content (AvgIpc) is 4.22. The van der Waals surface area contributed by atoms with Gasteiger partial charge >= 0.3 is 0 Å². The Morgan fingerprint density at radius 3 is 1.58 bits per heavy atom. The average molecular weight is 944 g/mol. The van der Waals surface area contributed by atoms with Gasteiger partial charge in [0.2, 0.25) is 11.8 Å². The maximum absolute atomic E-state index is 14.3. The van der Waals surface area contributed by atoms with Crippen LogP contribution >= 0.6 is 45.3 Å². The minimum atomic E-state index is -0.805. The molecule has 1 N–H and O–H groups in total. The Hall–Kier alpha value is -6.38. The summed E-state index contributed by atoms with van der Waals surface area (Å²) in [5.41, 5.74) is 7.11. The minimum Gasteiger partial charge on any atom is -0.336 e. The lowest BCUT2D eigenvalue weighted by molar-refractivity contribution is -0.134. The Labute approximate surface area is 399 Å². The van der Waals surface area contributed by atoms with Crippen LogP contribution in [0.2, 0.25) is 0 Å². The molecule has 0 bridgehead atoms. The molecule has 8 aromatic rings. The Balaban J connectivity index is 0.800. The maximum Gasteiger partial charge on any atom is 0.253 e. The van der Waals surface area contributed by atoms with Crippen molar-refractivity contribution in [2.24, 2.45) is 0 Å². The third-order valence-electron chi connectivity index (χ3n) is 12.5. The second-order valence-corrected chi connectivity index (χ2v) is 20.3. The highest BCUT2D eigenvalue weighted by Crippen LogP contribution is 2.42. The molecule has 2 saturated heterocycles. The largest absolute Gasteiger partial charge is 0.336 e. The molecular formula is C53H45N5O4S4. The van der Waals surface area contributed by atoms with Crippen LogP contribution in [-0.2, 0) is 9.59 Å². The normalized spacial score (nSPS) is 16.8. The minimum absolute atomic E-state index is 0.0193. The summed E-state index contributed by atoms with van der Waals surface area (Å²) in [4.78, 5) is 70.6. The molecule has 2 aliphatic heterocycles. The number of nitrogens with zero attached hydrogens (tertiary/aromatic N) is 4. The van der Waals surface area contributed by atoms with Crippen LogP contribution in [0.25, 0.3) is 32.0 Å². The summed E-state index contributed by atoms with van der Waals surface area (Å²) in [5.74, 6) is -0.994. The molecule has 9 nitrogen and oxygen atoms in total. The van der Waals surface area contributed by atoms with Gasteiger partial charge in [0, 0.05) is 48.2 Å². The van der Waals surface area contributed by atoms with Crippen molar-refractivity contribution in [3.63, 3.8) is 0 Å². The van der Waals surface area contributed by atoms with E-state index in [0.717, 1.165) is 78.8 Å². The molecule has 0 aliphatic carbocycles. The number of hydrogen-bond donors (Lipinski definition) is 1. The lowest BCUT2D eigenvalue weighted by Gasteiger charge is -2.28. The van der Waals surface area contributed by atoms with Gasteiger partial charge in [0.05, 0.1) is 33.3 Å². The molecule has 0 spiro atoms. The zero-order chi connectivity index (χ0) is 45.0. The topological polar surface area (TPSA) is 113 Å². The Morgan fingerprint density at radius 2 is 1.06 bits per heavy atom. The predicted molar refractivity (Wildman–Crippen MR) is 265 cm³/mol. The molecule has 2 aliphatic rings. The highest BCUT2D eigenvalue weighted by Gasteiger charge is 2.39. The van der Waals surface area contributed by atoms with Crippen molar-refractivity contribution in [3.05, 3.63) is 188 Å². The Kier molecular flexibility index (Phi) is 12.9. The zero-order valence-electron chi connectivity index (χ0n) is 35.8. The first-order valence-corrected chi connectivity index (χ1v) is 25.6. The first-order valence-electron chi connectivity index (χ1n) is 22.1. The lowest BCUT2D eigenvalue weighted by atomic mass is 9.90. The number of hydrogen-bond acceptors (Lipinski definition) is 10. The van der Waals surface area contributed by atoms with Crippen LogP contribution in [0.3, 0.4) is 0 Å². The monoisotopic (exact) mass is 943 g/mol. The summed E-state index contributed by atoms with van der Waals surface area (Å²) < 4.78 is 0. The van der Waals surface area contributed by atoms with E-state index in [1.54, 1.807) is 34.1 Å². The van der Waals surface area contributed by atoms with Crippen LogP contribution in [0.15, 0.2) is 155 Å². The van der Waals surface area contributed by atoms with E-state index in [4.69, 9.17) is 9.97 Å². The fourth-order valence-electron chi connectivity index (χ4n) is 9.05. The second kappa shape index (κ2) is 19.6. The van der Waals surface area contributed by atoms with Gasteiger partial charge in [-0.2, -0.15) is 22.7 Å². The number of carbonyl (C=O) groups is 4. The standard InChI is InChI=1S/C53H45N5O4S4/c59-45(40-23-27-63-32-40)29-42(36-9-3-1-4-10-36)52(61)57-25-7-13-43(57)50-54-30-46(65-50)37-19-15-34(16-20-37)35-17-21-38(22-18-35)47-31-55-51(66-47)44-14-8-26-58(44)53(62)48(39-11-5-2-6-12-39)56-49(60)41-24-28-64-33-41/h1-6,9-12,15-24,27-28,30-33,42-44,48H,7-8,13-14,25-26,29H2,(H,56,60)/t42-,43+,44+,48-/m1/s1. The van der Waals surface area contributed by atoms with E-state index >= 15 is 0 Å². The number of Topliss-reactive ketones (excluding diaryl/α,β-unsaturated/α-hetero) is 1. The van der Waals surface area contributed by atoms with Gasteiger partial charge in [-0.05, 0) is 82.0 Å². The molecule has 2 fully saturated rings. The van der Waals surface area contributed by atoms with Gasteiger partial charge < -0.3 is 15.1 Å². The van der Waals surface area contributed by atoms with Crippen molar-refractivity contribution in [3.8, 4) is 32.0 Å². The van der Waals surface area contributed by atoms with Crippen LogP contribution in [-0.4, -0.2) is 56.4 Å². The summed E-state index contributed by atoms with van der Waals surface area (Å²) >= 11 is 6.17. The van der Waals surface area contributed by atoms with Gasteiger partial charge in [-0.1, -0.05) is 109 Å².